The Bertz CT molecular complexity index is 203. The Balaban J connectivity index is 3.44. The molecule has 0 heterocycles. The molecule has 0 aromatic rings. The number of amides is 1. The lowest BCUT2D eigenvalue weighted by atomic mass is 10.3. The number of alkyl halides is 2. The number of aliphatic hydroxyl groups is 1. The van der Waals surface area contributed by atoms with E-state index in [0.717, 1.165) is 0 Å². The first-order valence-corrected chi connectivity index (χ1v) is 4.97. The van der Waals surface area contributed by atoms with Crippen LogP contribution in [0.25, 0.3) is 0 Å². The molecule has 0 bridgehead atoms. The van der Waals surface area contributed by atoms with Gasteiger partial charge in [0.2, 0.25) is 5.91 Å². The van der Waals surface area contributed by atoms with Gasteiger partial charge in [0.25, 0.3) is 5.92 Å². The second kappa shape index (κ2) is 8.37. The number of aliphatic hydroxyl groups excluding tert-OH is 1. The van der Waals surface area contributed by atoms with Crippen molar-refractivity contribution in [1.29, 1.82) is 0 Å². The fourth-order valence-electron chi connectivity index (χ4n) is 0.922. The number of carbonyl (C=O) groups excluding carboxylic acids is 1. The molecule has 0 aromatic heterocycles. The lowest BCUT2D eigenvalue weighted by Gasteiger charge is -2.13. The second-order valence-electron chi connectivity index (χ2n) is 3.31. The summed E-state index contributed by atoms with van der Waals surface area (Å²) in [6.45, 7) is -1.14. The Morgan fingerprint density at radius 1 is 1.50 bits per heavy atom. The maximum absolute atomic E-state index is 12.5. The highest BCUT2D eigenvalue weighted by Crippen LogP contribution is 2.09. The van der Waals surface area contributed by atoms with Crippen LogP contribution in [0.5, 0.6) is 0 Å². The zero-order chi connectivity index (χ0) is 12.4. The van der Waals surface area contributed by atoms with Crippen LogP contribution in [0.4, 0.5) is 8.78 Å². The van der Waals surface area contributed by atoms with Gasteiger partial charge >= 0.3 is 0 Å². The van der Waals surface area contributed by atoms with Crippen molar-refractivity contribution < 1.29 is 23.4 Å². The molecule has 0 atom stereocenters. The van der Waals surface area contributed by atoms with Crippen LogP contribution in [0.15, 0.2) is 0 Å². The molecule has 0 saturated carbocycles. The zero-order valence-electron chi connectivity index (χ0n) is 9.26. The van der Waals surface area contributed by atoms with E-state index in [0.29, 0.717) is 19.6 Å². The standard InChI is InChI=1S/C9H18F2N2O3/c1-16-4-2-3-13-8(15)5-12-6-9(10,11)7-14/h12,14H,2-7H2,1H3,(H,13,15). The predicted octanol–water partition coefficient (Wildman–Crippen LogP) is -0.644. The van der Waals surface area contributed by atoms with Crippen LogP contribution in [0, 0.1) is 0 Å². The molecule has 0 unspecified atom stereocenters. The SMILES string of the molecule is COCCCNC(=O)CNCC(F)(F)CO. The smallest absolute Gasteiger partial charge is 0.282 e. The van der Waals surface area contributed by atoms with E-state index in [1.165, 1.54) is 0 Å². The van der Waals surface area contributed by atoms with Crippen molar-refractivity contribution in [2.45, 2.75) is 12.3 Å². The molecule has 3 N–H and O–H groups in total. The van der Waals surface area contributed by atoms with E-state index in [-0.39, 0.29) is 12.5 Å². The largest absolute Gasteiger partial charge is 0.390 e. The number of nitrogens with one attached hydrogen (secondary N) is 2. The van der Waals surface area contributed by atoms with Gasteiger partial charge < -0.3 is 20.5 Å². The van der Waals surface area contributed by atoms with Crippen molar-refractivity contribution in [2.24, 2.45) is 0 Å². The summed E-state index contributed by atoms with van der Waals surface area (Å²) in [7, 11) is 1.56. The Hall–Kier alpha value is -0.790. The molecule has 16 heavy (non-hydrogen) atoms. The van der Waals surface area contributed by atoms with Gasteiger partial charge in [-0.2, -0.15) is 0 Å². The molecule has 0 aromatic carbocycles. The third-order valence-corrected chi connectivity index (χ3v) is 1.75. The molecular weight excluding hydrogens is 222 g/mol. The molecule has 0 rings (SSSR count). The van der Waals surface area contributed by atoms with Crippen molar-refractivity contribution in [2.75, 3.05) is 40.0 Å². The number of methoxy groups -OCH3 is 1. The molecule has 5 nitrogen and oxygen atoms in total. The third kappa shape index (κ3) is 8.51. The molecule has 96 valence electrons. The first-order chi connectivity index (χ1) is 7.52. The summed E-state index contributed by atoms with van der Waals surface area (Å²) in [6.07, 6.45) is 0.676. The van der Waals surface area contributed by atoms with Crippen molar-refractivity contribution >= 4 is 5.91 Å². The minimum atomic E-state index is -3.18. The van der Waals surface area contributed by atoms with Crippen molar-refractivity contribution in [3.63, 3.8) is 0 Å². The van der Waals surface area contributed by atoms with Crippen LogP contribution >= 0.6 is 0 Å². The Kier molecular flexibility index (Phi) is 7.96. The van der Waals surface area contributed by atoms with Gasteiger partial charge in [0.15, 0.2) is 0 Å². The molecule has 0 fully saturated rings. The second-order valence-corrected chi connectivity index (χ2v) is 3.31. The Morgan fingerprint density at radius 2 is 2.19 bits per heavy atom. The summed E-state index contributed by atoms with van der Waals surface area (Å²) in [4.78, 5) is 11.1. The van der Waals surface area contributed by atoms with E-state index in [9.17, 15) is 13.6 Å². The number of ether oxygens (including phenoxy) is 1. The molecule has 0 radical (unpaired) electrons. The molecule has 0 saturated heterocycles. The van der Waals surface area contributed by atoms with Crippen LogP contribution in [0.3, 0.4) is 0 Å². The Morgan fingerprint density at radius 3 is 2.75 bits per heavy atom. The molecule has 0 aliphatic carbocycles. The normalized spacial score (nSPS) is 11.5. The first-order valence-electron chi connectivity index (χ1n) is 4.97. The fraction of sp³-hybridized carbons (Fsp3) is 0.889. The monoisotopic (exact) mass is 240 g/mol. The summed E-state index contributed by atoms with van der Waals surface area (Å²) in [5.74, 6) is -3.54. The average Bonchev–Trinajstić information content (AvgIpc) is 2.24. The van der Waals surface area contributed by atoms with E-state index in [2.05, 4.69) is 10.6 Å². The molecule has 0 spiro atoms. The fourth-order valence-corrected chi connectivity index (χ4v) is 0.922. The molecule has 0 aliphatic rings. The van der Waals surface area contributed by atoms with Crippen LogP contribution in [-0.2, 0) is 9.53 Å². The van der Waals surface area contributed by atoms with Crippen molar-refractivity contribution in [1.82, 2.24) is 10.6 Å². The Labute approximate surface area is 93.2 Å². The minimum Gasteiger partial charge on any atom is -0.390 e. The third-order valence-electron chi connectivity index (χ3n) is 1.75. The molecule has 7 heteroatoms. The summed E-state index contributed by atoms with van der Waals surface area (Å²) in [6, 6.07) is 0. The predicted molar refractivity (Wildman–Crippen MR) is 54.4 cm³/mol. The summed E-state index contributed by atoms with van der Waals surface area (Å²) >= 11 is 0. The topological polar surface area (TPSA) is 70.6 Å². The van der Waals surface area contributed by atoms with Gasteiger partial charge in [-0.15, -0.1) is 0 Å². The van der Waals surface area contributed by atoms with Gasteiger partial charge in [-0.3, -0.25) is 4.79 Å². The van der Waals surface area contributed by atoms with Crippen LogP contribution < -0.4 is 10.6 Å². The number of rotatable bonds is 9. The average molecular weight is 240 g/mol. The maximum atomic E-state index is 12.5. The highest BCUT2D eigenvalue weighted by Gasteiger charge is 2.26. The number of hydrogen-bond acceptors (Lipinski definition) is 4. The van der Waals surface area contributed by atoms with Gasteiger partial charge in [0, 0.05) is 20.3 Å². The van der Waals surface area contributed by atoms with Crippen LogP contribution in [0.2, 0.25) is 0 Å². The van der Waals surface area contributed by atoms with Crippen LogP contribution in [-0.4, -0.2) is 56.9 Å². The minimum absolute atomic E-state index is 0.192. The highest BCUT2D eigenvalue weighted by atomic mass is 19.3. The van der Waals surface area contributed by atoms with Gasteiger partial charge in [-0.05, 0) is 6.42 Å². The number of carbonyl (C=O) groups is 1. The van der Waals surface area contributed by atoms with Crippen molar-refractivity contribution in [3.05, 3.63) is 0 Å². The van der Waals surface area contributed by atoms with E-state index in [4.69, 9.17) is 9.84 Å². The quantitative estimate of drug-likeness (QED) is 0.469. The van der Waals surface area contributed by atoms with Gasteiger partial charge in [0.1, 0.15) is 6.61 Å². The van der Waals surface area contributed by atoms with E-state index in [1.54, 1.807) is 7.11 Å². The molecule has 0 aliphatic heterocycles. The van der Waals surface area contributed by atoms with E-state index < -0.39 is 19.1 Å². The van der Waals surface area contributed by atoms with E-state index in [1.807, 2.05) is 0 Å². The lowest BCUT2D eigenvalue weighted by molar-refractivity contribution is -0.120. The van der Waals surface area contributed by atoms with E-state index >= 15 is 0 Å². The lowest BCUT2D eigenvalue weighted by Crippen LogP contribution is -2.41. The first kappa shape index (κ1) is 15.2. The molecule has 1 amide bonds. The maximum Gasteiger partial charge on any atom is 0.282 e. The number of halogens is 2. The van der Waals surface area contributed by atoms with Crippen LogP contribution in [0.1, 0.15) is 6.42 Å². The highest BCUT2D eigenvalue weighted by molar-refractivity contribution is 5.77. The van der Waals surface area contributed by atoms with Gasteiger partial charge in [0.05, 0.1) is 13.1 Å². The summed E-state index contributed by atoms with van der Waals surface area (Å²) in [5.41, 5.74) is 0. The van der Waals surface area contributed by atoms with Gasteiger partial charge in [-0.25, -0.2) is 8.78 Å². The van der Waals surface area contributed by atoms with Gasteiger partial charge in [-0.1, -0.05) is 0 Å². The van der Waals surface area contributed by atoms with Crippen molar-refractivity contribution in [3.8, 4) is 0 Å². The summed E-state index contributed by atoms with van der Waals surface area (Å²) in [5, 5.41) is 13.1. The zero-order valence-corrected chi connectivity index (χ0v) is 9.26. The summed E-state index contributed by atoms with van der Waals surface area (Å²) < 4.78 is 29.8. The molecular formula is C9H18F2N2O3. The number of hydrogen-bond donors (Lipinski definition) is 3.